The second-order valence-corrected chi connectivity index (χ2v) is 28.5. The van der Waals surface area contributed by atoms with Crippen molar-refractivity contribution in [1.82, 2.24) is 0 Å². The first-order valence-corrected chi connectivity index (χ1v) is 30.5. The van der Waals surface area contributed by atoms with Crippen molar-refractivity contribution in [2.24, 2.45) is 39.4 Å². The molecule has 2 fully saturated rings. The van der Waals surface area contributed by atoms with Crippen LogP contribution in [0.5, 0.6) is 0 Å². The van der Waals surface area contributed by atoms with E-state index in [4.69, 9.17) is 18.9 Å². The van der Waals surface area contributed by atoms with Crippen molar-refractivity contribution in [3.8, 4) is 20.9 Å². The fourth-order valence-electron chi connectivity index (χ4n) is 11.7. The third kappa shape index (κ3) is 15.2. The summed E-state index contributed by atoms with van der Waals surface area (Å²) in [4.78, 5) is 59.3. The number of ether oxygens (including phenoxy) is 4. The van der Waals surface area contributed by atoms with E-state index >= 15 is 4.79 Å². The molecule has 0 radical (unpaired) electrons. The lowest BCUT2D eigenvalue weighted by Gasteiger charge is -2.52. The Labute approximate surface area is 505 Å². The number of hydrogen-bond donors (Lipinski definition) is 5. The minimum Gasteiger partial charge on any atom is -0.481 e. The Hall–Kier alpha value is -6.18. The molecule has 13 nitrogen and oxygen atoms in total. The van der Waals surface area contributed by atoms with Gasteiger partial charge in [0.25, 0.3) is 0 Å². The van der Waals surface area contributed by atoms with E-state index in [9.17, 15) is 48.7 Å². The van der Waals surface area contributed by atoms with Crippen molar-refractivity contribution in [2.75, 3.05) is 13.2 Å². The highest BCUT2D eigenvalue weighted by molar-refractivity contribution is 7.15. The third-order valence-corrected chi connectivity index (χ3v) is 19.3. The van der Waals surface area contributed by atoms with Gasteiger partial charge in [-0.05, 0) is 206 Å². The van der Waals surface area contributed by atoms with Gasteiger partial charge in [0, 0.05) is 32.4 Å². The van der Waals surface area contributed by atoms with Crippen LogP contribution >= 0.6 is 22.7 Å². The molecule has 2 aliphatic rings. The van der Waals surface area contributed by atoms with E-state index in [2.05, 4.69) is 0 Å². The summed E-state index contributed by atoms with van der Waals surface area (Å²) >= 11 is 3.13. The molecule has 456 valence electrons. The Morgan fingerprint density at radius 2 is 0.988 bits per heavy atom. The SMILES string of the molecule is Cc1ccc(C2OC(COC(=O)C(C)(C)C)C(CC(C)(C)C(=O)O)C(CC(C)(C)C(=O)O)C2CC(C)(C)C(=O)O[C@H]2[C@H](O)[C@@H](O)[C@@H](CO)O[C@H]2c2ccc(C)c(Cc3ccc(-c4ccc(F)cc4)s3)c2)cc1Cc1ccc(-c2ccc(F)cc2)s1. The number of aryl methyl sites for hydroxylation is 2. The molecular weight excluding hydrogens is 1130 g/mol. The van der Waals surface area contributed by atoms with Crippen molar-refractivity contribution >= 4 is 46.6 Å². The minimum atomic E-state index is -1.73. The lowest BCUT2D eigenvalue weighted by Crippen LogP contribution is -2.57. The van der Waals surface area contributed by atoms with E-state index in [1.165, 1.54) is 24.3 Å². The molecule has 2 aromatic heterocycles. The molecule has 4 heterocycles. The maximum Gasteiger partial charge on any atom is 0.311 e. The Bertz CT molecular complexity index is 3340. The maximum atomic E-state index is 15.4. The third-order valence-electron chi connectivity index (χ3n) is 17.1. The van der Waals surface area contributed by atoms with Gasteiger partial charge in [0.2, 0.25) is 0 Å². The van der Waals surface area contributed by atoms with E-state index in [1.54, 1.807) is 115 Å². The summed E-state index contributed by atoms with van der Waals surface area (Å²) in [5.41, 5.74) is 1.49. The number of esters is 2. The average Bonchev–Trinajstić information content (AvgIpc) is 3.24. The number of carboxylic acid groups (broad SMARTS) is 2. The highest BCUT2D eigenvalue weighted by Crippen LogP contribution is 2.55. The monoisotopic (exact) mass is 1210 g/mol. The zero-order chi connectivity index (χ0) is 62.1. The Balaban J connectivity index is 1.18. The van der Waals surface area contributed by atoms with Gasteiger partial charge in [0.1, 0.15) is 42.7 Å². The normalized spacial score (nSPS) is 23.1. The number of rotatable bonds is 21. The van der Waals surface area contributed by atoms with E-state index in [-0.39, 0.29) is 37.5 Å². The molecule has 2 aliphatic heterocycles. The summed E-state index contributed by atoms with van der Waals surface area (Å²) in [7, 11) is 0. The molecular formula is C68H80F2O13S2. The molecule has 10 atom stereocenters. The van der Waals surface area contributed by atoms with Crippen LogP contribution in [0.1, 0.15) is 137 Å². The van der Waals surface area contributed by atoms with Gasteiger partial charge in [-0.3, -0.25) is 19.2 Å². The molecule has 8 rings (SSSR count). The van der Waals surface area contributed by atoms with Gasteiger partial charge in [-0.15, -0.1) is 22.7 Å². The molecule has 5 unspecified atom stereocenters. The van der Waals surface area contributed by atoms with Crippen LogP contribution in [0.3, 0.4) is 0 Å². The zero-order valence-corrected chi connectivity index (χ0v) is 51.8. The van der Waals surface area contributed by atoms with E-state index in [0.29, 0.717) is 24.0 Å². The Morgan fingerprint density at radius 3 is 1.45 bits per heavy atom. The number of hydrogen-bond acceptors (Lipinski definition) is 13. The molecule has 0 spiro atoms. The van der Waals surface area contributed by atoms with Crippen molar-refractivity contribution in [3.05, 3.63) is 164 Å². The first-order chi connectivity index (χ1) is 39.8. The fourth-order valence-corrected chi connectivity index (χ4v) is 13.8. The number of aliphatic carboxylic acids is 2. The van der Waals surface area contributed by atoms with Crippen molar-refractivity contribution < 1.29 is 72.4 Å². The van der Waals surface area contributed by atoms with Crippen LogP contribution in [0.4, 0.5) is 8.78 Å². The molecule has 0 saturated carbocycles. The highest BCUT2D eigenvalue weighted by atomic mass is 32.1. The van der Waals surface area contributed by atoms with Crippen LogP contribution in [-0.4, -0.2) is 93.1 Å². The molecule has 0 amide bonds. The average molecular weight is 1210 g/mol. The van der Waals surface area contributed by atoms with Crippen LogP contribution in [0.2, 0.25) is 0 Å². The number of carbonyl (C=O) groups is 4. The predicted molar refractivity (Wildman–Crippen MR) is 323 cm³/mol. The summed E-state index contributed by atoms with van der Waals surface area (Å²) in [6.45, 7) is 17.9. The second-order valence-electron chi connectivity index (χ2n) is 26.2. The highest BCUT2D eigenvalue weighted by Gasteiger charge is 2.55. The minimum absolute atomic E-state index is 0.0110. The topological polar surface area (TPSA) is 206 Å². The van der Waals surface area contributed by atoms with Crippen LogP contribution < -0.4 is 0 Å². The molecule has 0 aliphatic carbocycles. The largest absolute Gasteiger partial charge is 0.481 e. The van der Waals surface area contributed by atoms with Crippen molar-refractivity contribution in [3.63, 3.8) is 0 Å². The van der Waals surface area contributed by atoms with Gasteiger partial charge in [-0.2, -0.15) is 0 Å². The van der Waals surface area contributed by atoms with Gasteiger partial charge in [-0.1, -0.05) is 60.7 Å². The predicted octanol–water partition coefficient (Wildman–Crippen LogP) is 13.3. The molecule has 17 heteroatoms. The van der Waals surface area contributed by atoms with Gasteiger partial charge >= 0.3 is 23.9 Å². The number of carbonyl (C=O) groups excluding carboxylic acids is 2. The summed E-state index contributed by atoms with van der Waals surface area (Å²) < 4.78 is 53.8. The lowest BCUT2D eigenvalue weighted by molar-refractivity contribution is -0.245. The van der Waals surface area contributed by atoms with Gasteiger partial charge in [0.05, 0.1) is 40.5 Å². The summed E-state index contributed by atoms with van der Waals surface area (Å²) in [5, 5.41) is 55.4. The quantitative estimate of drug-likeness (QED) is 0.0426. The van der Waals surface area contributed by atoms with Gasteiger partial charge < -0.3 is 44.5 Å². The number of benzene rings is 4. The smallest absolute Gasteiger partial charge is 0.311 e. The number of carboxylic acids is 2. The Morgan fingerprint density at radius 1 is 0.541 bits per heavy atom. The standard InChI is InChI=1S/C68H80F2O13S2/c1-37-12-14-41(28-43(37)30-47-24-26-54(84-47)39-16-20-45(69)21-17-39)58-51(49(32-66(6,7)61(74)75)50(33-67(8,9)62(76)77)53(82-58)36-80-63(78)65(3,4)5)34-68(10,11)64(79)83-60-57(73)56(72)52(35-71)81-59(60)42-15-13-38(2)44(29-42)31-48-25-27-55(85-48)40-18-22-46(70)23-19-40/h12-29,49-53,56-60,71-73H,30-36H2,1-11H3,(H,74,75)(H,76,77)/t49?,50?,51?,52-,53?,56+,57-,58?,59+,60+/m1/s1. The molecule has 5 N–H and O–H groups in total. The van der Waals surface area contributed by atoms with Crippen LogP contribution in [0.25, 0.3) is 20.9 Å². The van der Waals surface area contributed by atoms with Gasteiger partial charge in [-0.25, -0.2) is 8.78 Å². The van der Waals surface area contributed by atoms with E-state index in [1.807, 2.05) is 68.4 Å². The number of aliphatic hydroxyl groups is 3. The van der Waals surface area contributed by atoms with Gasteiger partial charge in [0.15, 0.2) is 6.10 Å². The number of aliphatic hydroxyl groups excluding tert-OH is 3. The maximum absolute atomic E-state index is 15.4. The lowest BCUT2D eigenvalue weighted by atomic mass is 9.60. The van der Waals surface area contributed by atoms with Crippen LogP contribution in [0.15, 0.2) is 109 Å². The molecule has 4 aromatic carbocycles. The van der Waals surface area contributed by atoms with E-state index < -0.39 is 113 Å². The first-order valence-electron chi connectivity index (χ1n) is 28.9. The number of halogens is 2. The summed E-state index contributed by atoms with van der Waals surface area (Å²) in [5.74, 6) is -6.40. The van der Waals surface area contributed by atoms with Crippen LogP contribution in [0, 0.1) is 64.9 Å². The molecule has 0 bridgehead atoms. The van der Waals surface area contributed by atoms with Crippen molar-refractivity contribution in [1.29, 1.82) is 0 Å². The first kappa shape index (κ1) is 64.8. The van der Waals surface area contributed by atoms with E-state index in [0.717, 1.165) is 52.9 Å². The zero-order valence-electron chi connectivity index (χ0n) is 50.2. The summed E-state index contributed by atoms with van der Waals surface area (Å²) in [6.07, 6.45) is -8.26. The summed E-state index contributed by atoms with van der Waals surface area (Å²) in [6, 6.07) is 32.1. The Kier molecular flexibility index (Phi) is 19.8. The molecule has 2 saturated heterocycles. The van der Waals surface area contributed by atoms with Crippen molar-refractivity contribution in [2.45, 2.75) is 151 Å². The van der Waals surface area contributed by atoms with Crippen LogP contribution in [-0.2, 0) is 51.0 Å². The fraction of sp³-hybridized carbons (Fsp3) is 0.471. The number of thiophene rings is 2. The molecule has 85 heavy (non-hydrogen) atoms. The molecule has 6 aromatic rings. The second kappa shape index (κ2) is 26.0.